The molecule has 1 nitrogen and oxygen atoms in total. The molecule has 11 rings (SSSR count). The van der Waals surface area contributed by atoms with Gasteiger partial charge in [0.1, 0.15) is 0 Å². The van der Waals surface area contributed by atoms with E-state index in [0.717, 1.165) is 12.8 Å². The molecule has 0 aliphatic heterocycles. The van der Waals surface area contributed by atoms with Gasteiger partial charge < -0.3 is 4.90 Å². The number of anilines is 3. The molecule has 252 valence electrons. The molecule has 1 atom stereocenters. The molecular weight excluding hydrogens is 639 g/mol. The van der Waals surface area contributed by atoms with Crippen molar-refractivity contribution < 1.29 is 0 Å². The maximum absolute atomic E-state index is 2.56. The van der Waals surface area contributed by atoms with Crippen LogP contribution in [0.15, 0.2) is 182 Å². The van der Waals surface area contributed by atoms with Crippen LogP contribution in [0.2, 0.25) is 0 Å². The summed E-state index contributed by atoms with van der Waals surface area (Å²) in [5.41, 5.74) is 22.1. The third-order valence-electron chi connectivity index (χ3n) is 12.6. The summed E-state index contributed by atoms with van der Waals surface area (Å²) in [4.78, 5) is 2.56. The fourth-order valence-corrected chi connectivity index (χ4v) is 10.4. The van der Waals surface area contributed by atoms with Crippen LogP contribution in [0.3, 0.4) is 0 Å². The van der Waals surface area contributed by atoms with Crippen molar-refractivity contribution in [3.8, 4) is 33.4 Å². The van der Waals surface area contributed by atoms with Crippen molar-refractivity contribution >= 4 is 22.6 Å². The molecule has 53 heavy (non-hydrogen) atoms. The smallest absolute Gasteiger partial charge is 0.0722 e. The number of nitrogens with zero attached hydrogens (tertiary/aromatic N) is 1. The zero-order valence-electron chi connectivity index (χ0n) is 30.1. The number of para-hydroxylation sites is 1. The average Bonchev–Trinajstić information content (AvgIpc) is 3.78. The Hall–Kier alpha value is -6.18. The molecule has 0 saturated carbocycles. The summed E-state index contributed by atoms with van der Waals surface area (Å²) < 4.78 is 0. The number of allylic oxidation sites excluding steroid dienone is 4. The fourth-order valence-electron chi connectivity index (χ4n) is 10.4. The van der Waals surface area contributed by atoms with E-state index in [1.165, 1.54) is 95.0 Å². The third kappa shape index (κ3) is 4.03. The first kappa shape index (κ1) is 30.4. The van der Waals surface area contributed by atoms with Gasteiger partial charge in [0.2, 0.25) is 0 Å². The number of hydrogen-bond acceptors (Lipinski definition) is 1. The second-order valence-electron chi connectivity index (χ2n) is 15.5. The topological polar surface area (TPSA) is 3.24 Å². The number of rotatable bonds is 4. The molecule has 0 heterocycles. The minimum Gasteiger partial charge on any atom is -0.309 e. The Bertz CT molecular complexity index is 2710. The van der Waals surface area contributed by atoms with E-state index in [0.29, 0.717) is 0 Å². The summed E-state index contributed by atoms with van der Waals surface area (Å²) in [5, 5.41) is 0. The van der Waals surface area contributed by atoms with Crippen LogP contribution in [0, 0.1) is 0 Å². The summed E-state index contributed by atoms with van der Waals surface area (Å²) in [6, 6.07) is 61.4. The summed E-state index contributed by atoms with van der Waals surface area (Å²) in [6.07, 6.45) is 7.00. The summed E-state index contributed by atoms with van der Waals surface area (Å²) >= 11 is 0. The second-order valence-corrected chi connectivity index (χ2v) is 15.5. The van der Waals surface area contributed by atoms with Crippen LogP contribution in [0.4, 0.5) is 17.1 Å². The van der Waals surface area contributed by atoms with E-state index in [9.17, 15) is 0 Å². The van der Waals surface area contributed by atoms with Gasteiger partial charge in [-0.1, -0.05) is 166 Å². The highest BCUT2D eigenvalue weighted by Gasteiger charge is 2.53. The molecule has 0 aromatic heterocycles. The lowest BCUT2D eigenvalue weighted by atomic mass is 9.69. The van der Waals surface area contributed by atoms with Gasteiger partial charge >= 0.3 is 0 Å². The van der Waals surface area contributed by atoms with Gasteiger partial charge in [-0.05, 0) is 104 Å². The highest BCUT2D eigenvalue weighted by atomic mass is 15.1. The molecule has 0 radical (unpaired) electrons. The SMILES string of the molecule is CC1(C)c2ccccc2-c2ccc(N(c3ccccc3-c3ccccc3)c3cccc4c3-c3ccccc3C43C4=C(CCC=C4)c4ccccc43)cc21. The van der Waals surface area contributed by atoms with E-state index in [1.807, 2.05) is 0 Å². The summed E-state index contributed by atoms with van der Waals surface area (Å²) in [5.74, 6) is 0. The Labute approximate surface area is 312 Å². The minimum absolute atomic E-state index is 0.119. The molecule has 0 amide bonds. The molecule has 1 spiro atoms. The maximum Gasteiger partial charge on any atom is 0.0722 e. The van der Waals surface area contributed by atoms with Gasteiger partial charge in [0.25, 0.3) is 0 Å². The molecule has 0 N–H and O–H groups in total. The molecule has 0 bridgehead atoms. The number of hydrogen-bond donors (Lipinski definition) is 0. The Morgan fingerprint density at radius 3 is 1.89 bits per heavy atom. The van der Waals surface area contributed by atoms with E-state index in [4.69, 9.17) is 0 Å². The van der Waals surface area contributed by atoms with Crippen LogP contribution in [-0.4, -0.2) is 0 Å². The quantitative estimate of drug-likeness (QED) is 0.179. The van der Waals surface area contributed by atoms with Crippen molar-refractivity contribution in [1.29, 1.82) is 0 Å². The molecule has 7 aromatic rings. The molecule has 4 aliphatic rings. The minimum atomic E-state index is -0.364. The molecule has 0 saturated heterocycles. The fraction of sp³-hybridized carbons (Fsp3) is 0.115. The molecular formula is C52H39N. The van der Waals surface area contributed by atoms with Crippen LogP contribution < -0.4 is 4.90 Å². The van der Waals surface area contributed by atoms with Gasteiger partial charge in [-0.2, -0.15) is 0 Å². The first-order valence-electron chi connectivity index (χ1n) is 19.0. The van der Waals surface area contributed by atoms with Gasteiger partial charge in [0.15, 0.2) is 0 Å². The van der Waals surface area contributed by atoms with Crippen molar-refractivity contribution in [2.24, 2.45) is 0 Å². The monoisotopic (exact) mass is 677 g/mol. The average molecular weight is 678 g/mol. The normalized spacial score (nSPS) is 17.9. The van der Waals surface area contributed by atoms with Gasteiger partial charge in [-0.3, -0.25) is 0 Å². The zero-order chi connectivity index (χ0) is 35.3. The van der Waals surface area contributed by atoms with E-state index in [-0.39, 0.29) is 10.8 Å². The van der Waals surface area contributed by atoms with Gasteiger partial charge in [0.05, 0.1) is 16.8 Å². The van der Waals surface area contributed by atoms with Crippen LogP contribution in [0.1, 0.15) is 60.1 Å². The number of fused-ring (bicyclic) bond motifs is 12. The zero-order valence-corrected chi connectivity index (χ0v) is 30.1. The van der Waals surface area contributed by atoms with E-state index >= 15 is 0 Å². The summed E-state index contributed by atoms with van der Waals surface area (Å²) in [6.45, 7) is 4.76. The Morgan fingerprint density at radius 1 is 0.472 bits per heavy atom. The lowest BCUT2D eigenvalue weighted by Crippen LogP contribution is -2.27. The van der Waals surface area contributed by atoms with Crippen LogP contribution >= 0.6 is 0 Å². The highest BCUT2D eigenvalue weighted by molar-refractivity contribution is 6.03. The van der Waals surface area contributed by atoms with Gasteiger partial charge in [0, 0.05) is 22.2 Å². The van der Waals surface area contributed by atoms with Crippen molar-refractivity contribution in [2.45, 2.75) is 37.5 Å². The summed E-state index contributed by atoms with van der Waals surface area (Å²) in [7, 11) is 0. The Balaban J connectivity index is 1.23. The van der Waals surface area contributed by atoms with Crippen molar-refractivity contribution in [3.05, 3.63) is 215 Å². The van der Waals surface area contributed by atoms with Crippen molar-refractivity contribution in [2.75, 3.05) is 4.90 Å². The van der Waals surface area contributed by atoms with Gasteiger partial charge in [-0.15, -0.1) is 0 Å². The molecule has 0 fully saturated rings. The first-order valence-corrected chi connectivity index (χ1v) is 19.0. The van der Waals surface area contributed by atoms with Gasteiger partial charge in [-0.25, -0.2) is 0 Å². The largest absolute Gasteiger partial charge is 0.309 e. The standard InChI is InChI=1S/C52H39N/c1-51(2)42-24-11-6-20-37(42)40-32-31-35(33-47(40)51)53(48-29-15-10-19-36(48)34-17-4-3-5-18-34)49-30-16-28-46-50(49)41-23-9-14-27-45(41)52(46)43-25-12-7-21-38(43)39-22-8-13-26-44(39)52/h3-7,9-21,23-33H,8,22H2,1-2H3. The second kappa shape index (κ2) is 11.2. The van der Waals surface area contributed by atoms with Crippen LogP contribution in [0.5, 0.6) is 0 Å². The maximum atomic E-state index is 2.56. The van der Waals surface area contributed by atoms with Crippen LogP contribution in [-0.2, 0) is 10.8 Å². The molecule has 1 heteroatoms. The number of benzene rings is 7. The first-order chi connectivity index (χ1) is 26.1. The lowest BCUT2D eigenvalue weighted by molar-refractivity contribution is 0.660. The predicted molar refractivity (Wildman–Crippen MR) is 221 cm³/mol. The van der Waals surface area contributed by atoms with Crippen molar-refractivity contribution in [1.82, 2.24) is 0 Å². The van der Waals surface area contributed by atoms with E-state index in [1.54, 1.807) is 0 Å². The lowest BCUT2D eigenvalue weighted by Gasteiger charge is -2.34. The molecule has 7 aromatic carbocycles. The third-order valence-corrected chi connectivity index (χ3v) is 12.6. The van der Waals surface area contributed by atoms with Crippen LogP contribution in [0.25, 0.3) is 39.0 Å². The predicted octanol–water partition coefficient (Wildman–Crippen LogP) is 13.6. The van der Waals surface area contributed by atoms with E-state index in [2.05, 4.69) is 195 Å². The Kier molecular flexibility index (Phi) is 6.41. The van der Waals surface area contributed by atoms with E-state index < -0.39 is 0 Å². The highest BCUT2D eigenvalue weighted by Crippen LogP contribution is 2.65. The Morgan fingerprint density at radius 2 is 1.08 bits per heavy atom. The molecule has 1 unspecified atom stereocenters. The molecule has 4 aliphatic carbocycles. The van der Waals surface area contributed by atoms with Crippen molar-refractivity contribution in [3.63, 3.8) is 0 Å².